The molecule has 1 saturated carbocycles. The van der Waals surface area contributed by atoms with Gasteiger partial charge in [-0.05, 0) is 61.1 Å². The van der Waals surface area contributed by atoms with Gasteiger partial charge in [0.05, 0.1) is 24.0 Å². The lowest BCUT2D eigenvalue weighted by Gasteiger charge is -2.38. The Balaban J connectivity index is 1.07. The van der Waals surface area contributed by atoms with Crippen LogP contribution in [-0.4, -0.2) is 66.7 Å². The van der Waals surface area contributed by atoms with Crippen LogP contribution >= 0.6 is 0 Å². The zero-order valence-corrected chi connectivity index (χ0v) is 20.9. The molecular weight excluding hydrogens is 450 g/mol. The number of hydrogen-bond acceptors (Lipinski definition) is 6. The molecule has 4 aromatic heterocycles. The van der Waals surface area contributed by atoms with Crippen LogP contribution in [0.3, 0.4) is 0 Å². The third kappa shape index (κ3) is 3.74. The van der Waals surface area contributed by atoms with E-state index in [1.165, 1.54) is 44.3 Å². The number of hydrogen-bond donors (Lipinski definition) is 1. The number of benzene rings is 1. The van der Waals surface area contributed by atoms with Gasteiger partial charge in [-0.2, -0.15) is 5.10 Å². The molecule has 0 radical (unpaired) electrons. The molecule has 0 unspecified atom stereocenters. The van der Waals surface area contributed by atoms with Crippen LogP contribution in [0.25, 0.3) is 27.9 Å². The Labute approximate surface area is 209 Å². The monoisotopic (exact) mass is 481 g/mol. The highest BCUT2D eigenvalue weighted by molar-refractivity contribution is 5.93. The fraction of sp³-hybridized carbons (Fsp3) is 0.407. The lowest BCUT2D eigenvalue weighted by molar-refractivity contribution is 0.137. The average molecular weight is 482 g/mol. The molecule has 1 saturated heterocycles. The second-order valence-electron chi connectivity index (χ2n) is 10.8. The van der Waals surface area contributed by atoms with Crippen molar-refractivity contribution in [3.8, 4) is 11.4 Å². The Hall–Kier alpha value is -3.72. The van der Waals surface area contributed by atoms with Gasteiger partial charge in [0.1, 0.15) is 17.0 Å². The molecule has 2 fully saturated rings. The molecule has 0 atom stereocenters. The van der Waals surface area contributed by atoms with Crippen LogP contribution in [0, 0.1) is 5.41 Å². The summed E-state index contributed by atoms with van der Waals surface area (Å²) in [5, 5.41) is 17.4. The van der Waals surface area contributed by atoms with Crippen molar-refractivity contribution in [2.24, 2.45) is 5.41 Å². The van der Waals surface area contributed by atoms with Crippen molar-refractivity contribution in [3.63, 3.8) is 0 Å². The molecule has 1 aromatic carbocycles. The van der Waals surface area contributed by atoms with Crippen LogP contribution in [0.2, 0.25) is 0 Å². The molecule has 9 heteroatoms. The standard InChI is InChI=1S/C27H31N9/c1-33(2)21-5-6-22-23(12-21)29-31-26(22)24-17-36(32-30-24)16-20-15-35-14-19(4-7-25(35)28-20)13-34-11-10-27(18-34)8-3-9-27/h4-7,12,14-15,17H,3,8-11,13,16,18H2,1-2H3,(H,29,31). The largest absolute Gasteiger partial charge is 0.378 e. The lowest BCUT2D eigenvalue weighted by Crippen LogP contribution is -2.32. The number of aromatic nitrogens is 7. The molecule has 1 aliphatic carbocycles. The number of imidazole rings is 1. The Bertz CT molecular complexity index is 1550. The predicted molar refractivity (Wildman–Crippen MR) is 140 cm³/mol. The Morgan fingerprint density at radius 1 is 1.03 bits per heavy atom. The molecule has 2 aliphatic rings. The van der Waals surface area contributed by atoms with Gasteiger partial charge in [0.15, 0.2) is 0 Å². The van der Waals surface area contributed by atoms with Gasteiger partial charge in [0.2, 0.25) is 0 Å². The fourth-order valence-corrected chi connectivity index (χ4v) is 5.90. The molecule has 9 nitrogen and oxygen atoms in total. The van der Waals surface area contributed by atoms with Crippen LogP contribution < -0.4 is 4.90 Å². The number of H-pyrrole nitrogens is 1. The quantitative estimate of drug-likeness (QED) is 0.395. The zero-order valence-electron chi connectivity index (χ0n) is 20.9. The summed E-state index contributed by atoms with van der Waals surface area (Å²) in [5.41, 5.74) is 7.57. The summed E-state index contributed by atoms with van der Waals surface area (Å²) in [6.07, 6.45) is 11.9. The first-order valence-corrected chi connectivity index (χ1v) is 12.8. The Morgan fingerprint density at radius 3 is 2.75 bits per heavy atom. The van der Waals surface area contributed by atoms with Crippen LogP contribution in [0.5, 0.6) is 0 Å². The van der Waals surface area contributed by atoms with E-state index in [1.54, 1.807) is 0 Å². The van der Waals surface area contributed by atoms with E-state index < -0.39 is 0 Å². The van der Waals surface area contributed by atoms with E-state index in [1.807, 2.05) is 25.0 Å². The van der Waals surface area contributed by atoms with Crippen LogP contribution in [0.4, 0.5) is 5.69 Å². The number of anilines is 1. The second-order valence-corrected chi connectivity index (χ2v) is 10.8. The van der Waals surface area contributed by atoms with Crippen molar-refractivity contribution in [3.05, 3.63) is 60.2 Å². The maximum Gasteiger partial charge on any atom is 0.137 e. The minimum Gasteiger partial charge on any atom is -0.378 e. The molecule has 1 spiro atoms. The highest BCUT2D eigenvalue weighted by Crippen LogP contribution is 2.48. The number of nitrogens with zero attached hydrogens (tertiary/aromatic N) is 8. The first-order chi connectivity index (χ1) is 17.5. The van der Waals surface area contributed by atoms with Gasteiger partial charge in [-0.3, -0.25) is 10.00 Å². The highest BCUT2D eigenvalue weighted by atomic mass is 15.4. The van der Waals surface area contributed by atoms with E-state index >= 15 is 0 Å². The third-order valence-corrected chi connectivity index (χ3v) is 8.07. The minimum absolute atomic E-state index is 0.561. The predicted octanol–water partition coefficient (Wildman–Crippen LogP) is 3.96. The molecule has 1 N–H and O–H groups in total. The van der Waals surface area contributed by atoms with Crippen LogP contribution in [-0.2, 0) is 13.1 Å². The van der Waals surface area contributed by atoms with Gasteiger partial charge in [-0.25, -0.2) is 9.67 Å². The van der Waals surface area contributed by atoms with Gasteiger partial charge in [-0.1, -0.05) is 17.7 Å². The maximum atomic E-state index is 4.81. The Morgan fingerprint density at radius 2 is 1.94 bits per heavy atom. The molecule has 5 heterocycles. The van der Waals surface area contributed by atoms with Gasteiger partial charge < -0.3 is 9.30 Å². The summed E-state index contributed by atoms with van der Waals surface area (Å²) < 4.78 is 3.97. The van der Waals surface area contributed by atoms with E-state index in [9.17, 15) is 0 Å². The van der Waals surface area contributed by atoms with Crippen LogP contribution in [0.1, 0.15) is 36.9 Å². The number of rotatable bonds is 6. The van der Waals surface area contributed by atoms with Gasteiger partial charge in [0, 0.05) is 50.7 Å². The zero-order chi connectivity index (χ0) is 24.3. The van der Waals surface area contributed by atoms with Crippen molar-refractivity contribution in [2.75, 3.05) is 32.1 Å². The average Bonchev–Trinajstić information content (AvgIpc) is 3.63. The van der Waals surface area contributed by atoms with Crippen molar-refractivity contribution in [1.29, 1.82) is 0 Å². The molecule has 0 amide bonds. The van der Waals surface area contributed by atoms with Crippen molar-refractivity contribution in [2.45, 2.75) is 38.8 Å². The molecule has 1 aliphatic heterocycles. The smallest absolute Gasteiger partial charge is 0.137 e. The van der Waals surface area contributed by atoms with Crippen molar-refractivity contribution in [1.82, 2.24) is 39.5 Å². The number of pyridine rings is 1. The van der Waals surface area contributed by atoms with E-state index in [-0.39, 0.29) is 0 Å². The first-order valence-electron chi connectivity index (χ1n) is 12.8. The number of fused-ring (bicyclic) bond motifs is 2. The molecule has 5 aromatic rings. The third-order valence-electron chi connectivity index (χ3n) is 8.07. The number of likely N-dealkylation sites (tertiary alicyclic amines) is 1. The number of nitrogens with one attached hydrogen (secondary N) is 1. The van der Waals surface area contributed by atoms with Crippen LogP contribution in [0.15, 0.2) is 48.9 Å². The summed E-state index contributed by atoms with van der Waals surface area (Å²) in [6, 6.07) is 10.6. The molecule has 0 bridgehead atoms. The van der Waals surface area contributed by atoms with Gasteiger partial charge >= 0.3 is 0 Å². The normalized spacial score (nSPS) is 17.4. The van der Waals surface area contributed by atoms with Gasteiger partial charge in [0.25, 0.3) is 0 Å². The van der Waals surface area contributed by atoms with E-state index in [4.69, 9.17) is 4.98 Å². The molecule has 36 heavy (non-hydrogen) atoms. The van der Waals surface area contributed by atoms with E-state index in [0.717, 1.165) is 45.9 Å². The second kappa shape index (κ2) is 8.16. The molecular formula is C27H31N9. The lowest BCUT2D eigenvalue weighted by atomic mass is 9.68. The first kappa shape index (κ1) is 21.6. The molecule has 184 valence electrons. The summed E-state index contributed by atoms with van der Waals surface area (Å²) in [5.74, 6) is 0. The van der Waals surface area contributed by atoms with E-state index in [2.05, 4.69) is 77.4 Å². The summed E-state index contributed by atoms with van der Waals surface area (Å²) in [4.78, 5) is 9.50. The molecule has 7 rings (SSSR count). The van der Waals surface area contributed by atoms with Crippen molar-refractivity contribution >= 4 is 22.2 Å². The maximum absolute atomic E-state index is 4.81. The summed E-state index contributed by atoms with van der Waals surface area (Å²) in [7, 11) is 4.06. The van der Waals surface area contributed by atoms with Crippen molar-refractivity contribution < 1.29 is 0 Å². The van der Waals surface area contributed by atoms with E-state index in [0.29, 0.717) is 12.0 Å². The van der Waals surface area contributed by atoms with Gasteiger partial charge in [-0.15, -0.1) is 5.10 Å². The summed E-state index contributed by atoms with van der Waals surface area (Å²) >= 11 is 0. The highest BCUT2D eigenvalue weighted by Gasteiger charge is 2.42. The topological polar surface area (TPSA) is 83.2 Å². The number of aromatic amines is 1. The minimum atomic E-state index is 0.561. The fourth-order valence-electron chi connectivity index (χ4n) is 5.90. The summed E-state index contributed by atoms with van der Waals surface area (Å²) in [6.45, 7) is 4.07. The SMILES string of the molecule is CN(C)c1ccc2c(-c3cn(Cc4cn5cc(CN6CCC7(CCC7)C6)ccc5n4)nn3)n[nH]c2c1. The Kier molecular flexibility index (Phi) is 4.89.